The lowest BCUT2D eigenvalue weighted by Gasteiger charge is -2.25. The van der Waals surface area contributed by atoms with Gasteiger partial charge < -0.3 is 19.4 Å². The highest BCUT2D eigenvalue weighted by atomic mass is 16.5. The fraction of sp³-hybridized carbons (Fsp3) is 0.375. The number of furan rings is 1. The van der Waals surface area contributed by atoms with Crippen molar-refractivity contribution in [2.75, 3.05) is 27.7 Å². The monoisotopic (exact) mass is 274 g/mol. The van der Waals surface area contributed by atoms with E-state index in [2.05, 4.69) is 36.4 Å². The molecule has 1 unspecified atom stereocenters. The maximum Gasteiger partial charge on any atom is 0.119 e. The van der Waals surface area contributed by atoms with E-state index in [4.69, 9.17) is 9.15 Å². The number of ether oxygens (including phenoxy) is 1. The van der Waals surface area contributed by atoms with Gasteiger partial charge in [-0.15, -0.1) is 0 Å². The van der Waals surface area contributed by atoms with E-state index in [9.17, 15) is 0 Å². The normalized spacial score (nSPS) is 12.6. The summed E-state index contributed by atoms with van der Waals surface area (Å²) in [6.45, 7) is 1.59. The highest BCUT2D eigenvalue weighted by Gasteiger charge is 2.14. The SMILES string of the molecule is COc1cccc(C(CNCc2ccco2)N(C)C)c1. The first-order chi connectivity index (χ1) is 9.70. The predicted octanol–water partition coefficient (Wildman–Crippen LogP) is 2.68. The number of rotatable bonds is 7. The molecule has 4 nitrogen and oxygen atoms in total. The Kier molecular flexibility index (Phi) is 5.21. The minimum atomic E-state index is 0.292. The van der Waals surface area contributed by atoms with Crippen molar-refractivity contribution in [3.8, 4) is 5.75 Å². The summed E-state index contributed by atoms with van der Waals surface area (Å²) in [5, 5.41) is 3.43. The van der Waals surface area contributed by atoms with Crippen LogP contribution in [-0.4, -0.2) is 32.6 Å². The molecule has 0 radical (unpaired) electrons. The van der Waals surface area contributed by atoms with Gasteiger partial charge in [-0.05, 0) is 43.9 Å². The summed E-state index contributed by atoms with van der Waals surface area (Å²) < 4.78 is 10.6. The molecule has 20 heavy (non-hydrogen) atoms. The molecule has 0 spiro atoms. The Morgan fingerprint density at radius 2 is 2.10 bits per heavy atom. The number of benzene rings is 1. The standard InChI is InChI=1S/C16H22N2O2/c1-18(2)16(12-17-11-15-8-5-9-20-15)13-6-4-7-14(10-13)19-3/h4-10,16-17H,11-12H2,1-3H3. The van der Waals surface area contributed by atoms with Crippen molar-refractivity contribution in [2.45, 2.75) is 12.6 Å². The summed E-state index contributed by atoms with van der Waals surface area (Å²) >= 11 is 0. The molecule has 0 saturated carbocycles. The summed E-state index contributed by atoms with van der Waals surface area (Å²) in [4.78, 5) is 2.20. The smallest absolute Gasteiger partial charge is 0.119 e. The second kappa shape index (κ2) is 7.12. The van der Waals surface area contributed by atoms with E-state index < -0.39 is 0 Å². The Bertz CT molecular complexity index is 509. The van der Waals surface area contributed by atoms with Gasteiger partial charge >= 0.3 is 0 Å². The highest BCUT2D eigenvalue weighted by molar-refractivity contribution is 5.30. The van der Waals surface area contributed by atoms with E-state index >= 15 is 0 Å². The van der Waals surface area contributed by atoms with Crippen molar-refractivity contribution in [3.05, 3.63) is 54.0 Å². The molecule has 2 aromatic rings. The molecule has 1 aromatic heterocycles. The summed E-state index contributed by atoms with van der Waals surface area (Å²) in [6, 6.07) is 12.4. The van der Waals surface area contributed by atoms with Gasteiger partial charge in [-0.1, -0.05) is 12.1 Å². The van der Waals surface area contributed by atoms with Crippen LogP contribution in [0.5, 0.6) is 5.75 Å². The third kappa shape index (κ3) is 3.85. The Morgan fingerprint density at radius 3 is 2.75 bits per heavy atom. The van der Waals surface area contributed by atoms with E-state index in [1.165, 1.54) is 5.56 Å². The molecule has 0 aliphatic heterocycles. The molecule has 108 valence electrons. The molecule has 1 heterocycles. The fourth-order valence-corrected chi connectivity index (χ4v) is 2.19. The number of methoxy groups -OCH3 is 1. The van der Waals surface area contributed by atoms with Gasteiger partial charge in [-0.2, -0.15) is 0 Å². The summed E-state index contributed by atoms with van der Waals surface area (Å²) in [5.41, 5.74) is 1.24. The topological polar surface area (TPSA) is 37.6 Å². The van der Waals surface area contributed by atoms with E-state index in [0.717, 1.165) is 24.6 Å². The zero-order valence-electron chi connectivity index (χ0n) is 12.3. The fourth-order valence-electron chi connectivity index (χ4n) is 2.19. The first kappa shape index (κ1) is 14.6. The zero-order valence-corrected chi connectivity index (χ0v) is 12.3. The molecule has 0 saturated heterocycles. The van der Waals surface area contributed by atoms with Crippen molar-refractivity contribution in [3.63, 3.8) is 0 Å². The molecule has 0 amide bonds. The lowest BCUT2D eigenvalue weighted by molar-refractivity contribution is 0.284. The number of nitrogens with one attached hydrogen (secondary N) is 1. The minimum Gasteiger partial charge on any atom is -0.497 e. The summed E-state index contributed by atoms with van der Waals surface area (Å²) in [5.74, 6) is 1.84. The van der Waals surface area contributed by atoms with Gasteiger partial charge in [0.05, 0.1) is 19.9 Å². The lowest BCUT2D eigenvalue weighted by atomic mass is 10.1. The van der Waals surface area contributed by atoms with Gasteiger partial charge in [0, 0.05) is 12.6 Å². The van der Waals surface area contributed by atoms with E-state index in [-0.39, 0.29) is 0 Å². The van der Waals surface area contributed by atoms with E-state index in [1.807, 2.05) is 24.3 Å². The van der Waals surface area contributed by atoms with E-state index in [1.54, 1.807) is 13.4 Å². The first-order valence-electron chi connectivity index (χ1n) is 6.74. The number of likely N-dealkylation sites (N-methyl/N-ethyl adjacent to an activating group) is 1. The minimum absolute atomic E-state index is 0.292. The van der Waals surface area contributed by atoms with Crippen LogP contribution >= 0.6 is 0 Å². The van der Waals surface area contributed by atoms with Gasteiger partial charge in [-0.3, -0.25) is 0 Å². The van der Waals surface area contributed by atoms with Crippen molar-refractivity contribution >= 4 is 0 Å². The molecule has 2 rings (SSSR count). The van der Waals surface area contributed by atoms with Crippen molar-refractivity contribution < 1.29 is 9.15 Å². The molecule has 0 fully saturated rings. The summed E-state index contributed by atoms with van der Waals surface area (Å²) in [6.07, 6.45) is 1.70. The van der Waals surface area contributed by atoms with Crippen LogP contribution in [0, 0.1) is 0 Å². The van der Waals surface area contributed by atoms with Gasteiger partial charge in [0.1, 0.15) is 11.5 Å². The van der Waals surface area contributed by atoms with Gasteiger partial charge in [0.2, 0.25) is 0 Å². The van der Waals surface area contributed by atoms with Crippen LogP contribution in [0.25, 0.3) is 0 Å². The van der Waals surface area contributed by atoms with Crippen molar-refractivity contribution in [2.24, 2.45) is 0 Å². The van der Waals surface area contributed by atoms with Crippen LogP contribution in [0.3, 0.4) is 0 Å². The van der Waals surface area contributed by atoms with Crippen LogP contribution in [-0.2, 0) is 6.54 Å². The highest BCUT2D eigenvalue weighted by Crippen LogP contribution is 2.22. The van der Waals surface area contributed by atoms with E-state index in [0.29, 0.717) is 6.04 Å². The quantitative estimate of drug-likeness (QED) is 0.842. The van der Waals surface area contributed by atoms with Crippen molar-refractivity contribution in [1.29, 1.82) is 0 Å². The van der Waals surface area contributed by atoms with Crippen LogP contribution in [0.1, 0.15) is 17.4 Å². The number of nitrogens with zero attached hydrogens (tertiary/aromatic N) is 1. The molecular weight excluding hydrogens is 252 g/mol. The second-order valence-corrected chi connectivity index (χ2v) is 4.97. The first-order valence-corrected chi connectivity index (χ1v) is 6.74. The molecular formula is C16H22N2O2. The third-order valence-electron chi connectivity index (χ3n) is 3.32. The zero-order chi connectivity index (χ0) is 14.4. The lowest BCUT2D eigenvalue weighted by Crippen LogP contribution is -2.30. The van der Waals surface area contributed by atoms with Gasteiger partial charge in [0.25, 0.3) is 0 Å². The molecule has 0 bridgehead atoms. The van der Waals surface area contributed by atoms with Gasteiger partial charge in [-0.25, -0.2) is 0 Å². The molecule has 1 atom stereocenters. The average Bonchev–Trinajstić information content (AvgIpc) is 2.96. The predicted molar refractivity (Wildman–Crippen MR) is 79.8 cm³/mol. The molecule has 0 aliphatic rings. The summed E-state index contributed by atoms with van der Waals surface area (Å²) in [7, 11) is 5.86. The Balaban J connectivity index is 1.99. The molecule has 1 N–H and O–H groups in total. The molecule has 4 heteroatoms. The maximum absolute atomic E-state index is 5.32. The second-order valence-electron chi connectivity index (χ2n) is 4.97. The van der Waals surface area contributed by atoms with Crippen molar-refractivity contribution in [1.82, 2.24) is 10.2 Å². The largest absolute Gasteiger partial charge is 0.497 e. The molecule has 0 aliphatic carbocycles. The number of hydrogen-bond acceptors (Lipinski definition) is 4. The number of hydrogen-bond donors (Lipinski definition) is 1. The third-order valence-corrected chi connectivity index (χ3v) is 3.32. The van der Waals surface area contributed by atoms with Crippen LogP contribution < -0.4 is 10.1 Å². The maximum atomic E-state index is 5.32. The Labute approximate surface area is 120 Å². The Hall–Kier alpha value is -1.78. The van der Waals surface area contributed by atoms with Crippen LogP contribution in [0.15, 0.2) is 47.1 Å². The van der Waals surface area contributed by atoms with Crippen LogP contribution in [0.4, 0.5) is 0 Å². The average molecular weight is 274 g/mol. The van der Waals surface area contributed by atoms with Crippen LogP contribution in [0.2, 0.25) is 0 Å². The van der Waals surface area contributed by atoms with Gasteiger partial charge in [0.15, 0.2) is 0 Å². The molecule has 1 aromatic carbocycles. The Morgan fingerprint density at radius 1 is 1.25 bits per heavy atom.